The van der Waals surface area contributed by atoms with Crippen molar-refractivity contribution in [3.8, 4) is 80.0 Å². The number of rotatable bonds is 8. The van der Waals surface area contributed by atoms with E-state index in [1.807, 2.05) is 60.7 Å². The number of benzene rings is 6. The molecule has 6 heterocycles. The van der Waals surface area contributed by atoms with Crippen molar-refractivity contribution >= 4 is 64.4 Å². The number of hydrogen-bond donors (Lipinski definition) is 4. The third-order valence-electron chi connectivity index (χ3n) is 11.3. The van der Waals surface area contributed by atoms with Crippen LogP contribution in [0.5, 0.6) is 34.5 Å². The van der Waals surface area contributed by atoms with E-state index < -0.39 is 20.2 Å². The van der Waals surface area contributed by atoms with Crippen LogP contribution in [0.15, 0.2) is 162 Å². The Bertz CT molecular complexity index is 4170. The Morgan fingerprint density at radius 2 is 0.870 bits per heavy atom. The molecule has 0 atom stereocenters. The van der Waals surface area contributed by atoms with Gasteiger partial charge in [0.25, 0.3) is 20.2 Å². The largest absolute Gasteiger partial charge is 0.457 e. The molecule has 0 radical (unpaired) electrons. The lowest BCUT2D eigenvalue weighted by atomic mass is 10.1. The highest BCUT2D eigenvalue weighted by molar-refractivity contribution is 7.86. The quantitative estimate of drug-likeness (QED) is 0.103. The Hall–Kier alpha value is -8.95. The van der Waals surface area contributed by atoms with Gasteiger partial charge >= 0.3 is 0 Å². The van der Waals surface area contributed by atoms with Gasteiger partial charge in [0.05, 0.1) is 26.1 Å². The molecule has 69 heavy (non-hydrogen) atoms. The van der Waals surface area contributed by atoms with E-state index in [9.17, 15) is 25.9 Å². The summed E-state index contributed by atoms with van der Waals surface area (Å²) in [5, 5.41) is 2.28. The summed E-state index contributed by atoms with van der Waals surface area (Å²) in [5.74, 6) is 3.24. The second-order valence-electron chi connectivity index (χ2n) is 15.6. The molecule has 0 amide bonds. The summed E-state index contributed by atoms with van der Waals surface area (Å²) in [7, 11) is -8.93. The summed E-state index contributed by atoms with van der Waals surface area (Å²) in [5.41, 5.74) is 3.58. The van der Waals surface area contributed by atoms with Gasteiger partial charge in [-0.15, -0.1) is 0 Å². The minimum absolute atomic E-state index is 0.185. The van der Waals surface area contributed by atoms with Crippen molar-refractivity contribution < 1.29 is 40.2 Å². The average molecular weight is 952 g/mol. The lowest BCUT2D eigenvalue weighted by Gasteiger charge is -2.10. The van der Waals surface area contributed by atoms with Gasteiger partial charge in [-0.05, 0) is 84.9 Å². The molecular weight excluding hydrogens is 923 g/mol. The molecule has 20 heteroatoms. The van der Waals surface area contributed by atoms with Crippen LogP contribution >= 0.6 is 0 Å². The van der Waals surface area contributed by atoms with Crippen molar-refractivity contribution in [1.29, 1.82) is 0 Å². The van der Waals surface area contributed by atoms with Gasteiger partial charge < -0.3 is 24.2 Å². The summed E-state index contributed by atoms with van der Waals surface area (Å²) in [4.78, 5) is 41.1. The van der Waals surface area contributed by atoms with E-state index in [4.69, 9.17) is 44.1 Å². The second kappa shape index (κ2) is 15.8. The van der Waals surface area contributed by atoms with Crippen LogP contribution in [-0.4, -0.2) is 70.8 Å². The van der Waals surface area contributed by atoms with Gasteiger partial charge in [-0.25, -0.2) is 29.9 Å². The number of ether oxygens (including phenoxy) is 3. The second-order valence-corrected chi connectivity index (χ2v) is 18.4. The first-order valence-corrected chi connectivity index (χ1v) is 23.7. The third kappa shape index (κ3) is 7.50. The summed E-state index contributed by atoms with van der Waals surface area (Å²) < 4.78 is 85.9. The fourth-order valence-corrected chi connectivity index (χ4v) is 9.13. The van der Waals surface area contributed by atoms with Gasteiger partial charge in [-0.1, -0.05) is 54.6 Å². The van der Waals surface area contributed by atoms with Gasteiger partial charge in [0, 0.05) is 39.9 Å². The molecule has 4 aromatic heterocycles. The van der Waals surface area contributed by atoms with E-state index in [1.54, 1.807) is 42.7 Å². The van der Waals surface area contributed by atoms with Crippen molar-refractivity contribution in [2.24, 2.45) is 0 Å². The highest BCUT2D eigenvalue weighted by atomic mass is 32.2. The summed E-state index contributed by atoms with van der Waals surface area (Å²) in [6.07, 6.45) is 3.31. The Morgan fingerprint density at radius 3 is 1.45 bits per heavy atom. The normalized spacial score (nSPS) is 12.1. The summed E-state index contributed by atoms with van der Waals surface area (Å²) in [6.45, 7) is 0. The minimum atomic E-state index is -4.47. The number of nitrogens with zero attached hydrogens (tertiary/aromatic N) is 7. The van der Waals surface area contributed by atoms with E-state index in [0.29, 0.717) is 95.4 Å². The zero-order valence-electron chi connectivity index (χ0n) is 35.1. The number of para-hydroxylation sites is 1. The fourth-order valence-electron chi connectivity index (χ4n) is 8.17. The monoisotopic (exact) mass is 951 g/mol. The zero-order valence-corrected chi connectivity index (χ0v) is 36.8. The molecule has 4 N–H and O–H groups in total. The van der Waals surface area contributed by atoms with Crippen molar-refractivity contribution in [1.82, 2.24) is 44.9 Å². The zero-order chi connectivity index (χ0) is 47.0. The van der Waals surface area contributed by atoms with Crippen LogP contribution in [0.3, 0.4) is 0 Å². The number of aromatic amines is 2. The SMILES string of the molecule is O=S(=O)(O)c1ccc(Oc2cccc3c2-c2nc-3nc3[nH]c(nc4nc(nc5[nH]c(n2)c2cccc(Oc6ccccc6)c52)-c2cnccc2-4)c2cccc(Oc4ccc(S(=O)(=O)O)cc4)c32)cc1. The van der Waals surface area contributed by atoms with E-state index in [0.717, 1.165) is 0 Å². The number of H-pyrrole nitrogens is 2. The van der Waals surface area contributed by atoms with Crippen molar-refractivity contribution in [2.75, 3.05) is 0 Å². The Balaban J connectivity index is 1.16. The Labute approximate surface area is 389 Å². The van der Waals surface area contributed by atoms with Crippen molar-refractivity contribution in [3.63, 3.8) is 0 Å². The smallest absolute Gasteiger partial charge is 0.294 e. The maximum Gasteiger partial charge on any atom is 0.294 e. The van der Waals surface area contributed by atoms with Crippen LogP contribution in [-0.2, 0) is 20.2 Å². The van der Waals surface area contributed by atoms with Crippen molar-refractivity contribution in [2.45, 2.75) is 9.79 Å². The molecule has 2 aliphatic rings. The topological polar surface area (TPSA) is 258 Å². The summed E-state index contributed by atoms with van der Waals surface area (Å²) >= 11 is 0. The van der Waals surface area contributed by atoms with E-state index in [2.05, 4.69) is 15.0 Å². The van der Waals surface area contributed by atoms with Crippen LogP contribution < -0.4 is 14.2 Å². The van der Waals surface area contributed by atoms with Crippen LogP contribution in [0.2, 0.25) is 0 Å². The maximum absolute atomic E-state index is 11.9. The fraction of sp³-hybridized carbons (Fsp3) is 0. The molecule has 0 saturated carbocycles. The predicted molar refractivity (Wildman–Crippen MR) is 253 cm³/mol. The van der Waals surface area contributed by atoms with Gasteiger partial charge in [0.2, 0.25) is 0 Å². The molecule has 0 fully saturated rings. The first kappa shape index (κ1) is 41.5. The highest BCUT2D eigenvalue weighted by Gasteiger charge is 2.27. The first-order chi connectivity index (χ1) is 33.4. The van der Waals surface area contributed by atoms with Crippen LogP contribution in [0.1, 0.15) is 0 Å². The van der Waals surface area contributed by atoms with Crippen LogP contribution in [0.4, 0.5) is 0 Å². The number of pyridine rings is 1. The average Bonchev–Trinajstić information content (AvgIpc) is 4.08. The molecule has 10 aromatic rings. The van der Waals surface area contributed by atoms with Gasteiger partial charge in [0.1, 0.15) is 57.1 Å². The molecular formula is C49H29N9O9S2. The highest BCUT2D eigenvalue weighted by Crippen LogP contribution is 2.44. The number of aromatic nitrogens is 9. The molecule has 12 rings (SSSR count). The van der Waals surface area contributed by atoms with Crippen LogP contribution in [0, 0.1) is 0 Å². The van der Waals surface area contributed by atoms with E-state index >= 15 is 0 Å². The van der Waals surface area contributed by atoms with E-state index in [-0.39, 0.29) is 38.6 Å². The Kier molecular flexibility index (Phi) is 9.53. The predicted octanol–water partition coefficient (Wildman–Crippen LogP) is 10.1. The van der Waals surface area contributed by atoms with Crippen molar-refractivity contribution in [3.05, 3.63) is 152 Å². The van der Waals surface area contributed by atoms with Gasteiger partial charge in [-0.3, -0.25) is 14.1 Å². The molecule has 336 valence electrons. The molecule has 18 nitrogen and oxygen atoms in total. The van der Waals surface area contributed by atoms with Gasteiger partial charge in [0.15, 0.2) is 23.3 Å². The minimum Gasteiger partial charge on any atom is -0.457 e. The van der Waals surface area contributed by atoms with E-state index in [1.165, 1.54) is 48.5 Å². The number of hydrogen-bond acceptors (Lipinski definition) is 14. The molecule has 0 aliphatic carbocycles. The molecule has 0 saturated heterocycles. The molecule has 0 spiro atoms. The van der Waals surface area contributed by atoms with Gasteiger partial charge in [-0.2, -0.15) is 16.8 Å². The lowest BCUT2D eigenvalue weighted by molar-refractivity contribution is 0.477. The molecule has 0 unspecified atom stereocenters. The Morgan fingerprint density at radius 1 is 0.406 bits per heavy atom. The molecule has 2 aliphatic heterocycles. The third-order valence-corrected chi connectivity index (χ3v) is 13.0. The molecule has 6 aromatic carbocycles. The lowest BCUT2D eigenvalue weighted by Crippen LogP contribution is -1.97. The molecule has 8 bridgehead atoms. The number of fused-ring (bicyclic) bond motifs is 20. The number of nitrogens with one attached hydrogen (secondary N) is 2. The summed E-state index contributed by atoms with van der Waals surface area (Å²) in [6, 6.07) is 37.9. The maximum atomic E-state index is 11.9. The standard InChI is InChI=1S/C49H29N9O9S2/c59-68(60,61)29-19-15-27(16-20-29)66-37-13-4-9-32-39(37)47-53-43(32)51-42-31-23-24-50-25-35(31)46(52-42)58-49-40-33(10-5-12-36(40)65-26-7-2-1-3-8-26)45(57-49)56-48-41-34(44(54-47)55-48)11-6-14-38(41)67-28-17-21-30(22-18-28)69(62,63)64/h1-25H,(H,59,60,61)(H,62,63,64)(H2,51,52,53,54,55,56,57,58). The van der Waals surface area contributed by atoms with Crippen LogP contribution in [0.25, 0.3) is 89.7 Å². The first-order valence-electron chi connectivity index (χ1n) is 20.8.